The van der Waals surface area contributed by atoms with Crippen LogP contribution in [-0.2, 0) is 0 Å². The summed E-state index contributed by atoms with van der Waals surface area (Å²) in [6, 6.07) is 30.5. The summed E-state index contributed by atoms with van der Waals surface area (Å²) in [4.78, 5) is 4.71. The van der Waals surface area contributed by atoms with Crippen molar-refractivity contribution in [2.24, 2.45) is 0 Å². The molecule has 0 unspecified atom stereocenters. The van der Waals surface area contributed by atoms with Crippen molar-refractivity contribution in [2.75, 3.05) is 0 Å². The van der Waals surface area contributed by atoms with Gasteiger partial charge in [0.1, 0.15) is 22.6 Å². The maximum atomic E-state index is 9.69. The lowest BCUT2D eigenvalue weighted by Crippen LogP contribution is -1.83. The van der Waals surface area contributed by atoms with Gasteiger partial charge in [-0.05, 0) is 29.0 Å². The molecule has 0 saturated heterocycles. The standard InChI is InChI=1S/C26H16N2OS/c27-16-22(15-23-12-13-25(29-23)19-7-2-1-3-8-19)26-28-24(17-30-26)21-11-10-18-6-4-5-9-20(18)14-21/h1-15,17H/b22-15+. The Labute approximate surface area is 178 Å². The van der Waals surface area contributed by atoms with Crippen LogP contribution in [-0.4, -0.2) is 4.98 Å². The summed E-state index contributed by atoms with van der Waals surface area (Å²) in [6.45, 7) is 0. The fourth-order valence-corrected chi connectivity index (χ4v) is 4.15. The number of rotatable bonds is 4. The normalized spacial score (nSPS) is 11.5. The molecule has 0 amide bonds. The third-order valence-corrected chi connectivity index (χ3v) is 5.75. The molecular weight excluding hydrogens is 388 g/mol. The Kier molecular flexibility index (Phi) is 4.72. The van der Waals surface area contributed by atoms with E-state index in [1.807, 2.05) is 60.0 Å². The summed E-state index contributed by atoms with van der Waals surface area (Å²) in [5, 5.41) is 14.7. The number of aromatic nitrogens is 1. The number of thiazole rings is 1. The van der Waals surface area contributed by atoms with E-state index in [0.717, 1.165) is 22.6 Å². The van der Waals surface area contributed by atoms with E-state index in [2.05, 4.69) is 36.4 Å². The summed E-state index contributed by atoms with van der Waals surface area (Å²) < 4.78 is 5.91. The van der Waals surface area contributed by atoms with Gasteiger partial charge in [-0.2, -0.15) is 5.26 Å². The molecule has 0 saturated carbocycles. The van der Waals surface area contributed by atoms with Gasteiger partial charge in [0.15, 0.2) is 0 Å². The second-order valence-corrected chi connectivity index (χ2v) is 7.70. The first-order chi connectivity index (χ1) is 14.8. The average Bonchev–Trinajstić information content (AvgIpc) is 3.48. The Morgan fingerprint density at radius 1 is 0.867 bits per heavy atom. The van der Waals surface area contributed by atoms with E-state index in [0.29, 0.717) is 16.3 Å². The molecule has 0 bridgehead atoms. The topological polar surface area (TPSA) is 49.8 Å². The number of allylic oxidation sites excluding steroid dienone is 1. The molecule has 0 spiro atoms. The lowest BCUT2D eigenvalue weighted by Gasteiger charge is -2.00. The lowest BCUT2D eigenvalue weighted by atomic mass is 10.1. The zero-order valence-electron chi connectivity index (χ0n) is 15.9. The molecule has 3 aromatic carbocycles. The molecule has 0 aliphatic carbocycles. The van der Waals surface area contributed by atoms with Gasteiger partial charge in [-0.15, -0.1) is 11.3 Å². The predicted octanol–water partition coefficient (Wildman–Crippen LogP) is 7.29. The SMILES string of the molecule is N#C/C(=C\c1ccc(-c2ccccc2)o1)c1nc(-c2ccc3ccccc3c2)cs1. The third kappa shape index (κ3) is 3.55. The van der Waals surface area contributed by atoms with Crippen molar-refractivity contribution < 1.29 is 4.42 Å². The van der Waals surface area contributed by atoms with Gasteiger partial charge in [-0.25, -0.2) is 4.98 Å². The summed E-state index contributed by atoms with van der Waals surface area (Å²) >= 11 is 1.46. The molecule has 4 heteroatoms. The van der Waals surface area contributed by atoms with Crippen LogP contribution in [0.1, 0.15) is 10.8 Å². The fraction of sp³-hybridized carbons (Fsp3) is 0. The van der Waals surface area contributed by atoms with Gasteiger partial charge in [0.2, 0.25) is 0 Å². The van der Waals surface area contributed by atoms with Crippen molar-refractivity contribution in [1.29, 1.82) is 5.26 Å². The van der Waals surface area contributed by atoms with Gasteiger partial charge in [0, 0.05) is 22.6 Å². The number of nitrogens with zero attached hydrogens (tertiary/aromatic N) is 2. The molecule has 2 aromatic heterocycles. The Balaban J connectivity index is 1.45. The number of nitriles is 1. The van der Waals surface area contributed by atoms with Crippen LogP contribution in [0.5, 0.6) is 0 Å². The summed E-state index contributed by atoms with van der Waals surface area (Å²) in [5.74, 6) is 1.41. The molecule has 0 N–H and O–H groups in total. The molecule has 0 radical (unpaired) electrons. The first-order valence-electron chi connectivity index (χ1n) is 9.52. The van der Waals surface area contributed by atoms with Crippen molar-refractivity contribution in [1.82, 2.24) is 4.98 Å². The van der Waals surface area contributed by atoms with Gasteiger partial charge < -0.3 is 4.42 Å². The van der Waals surface area contributed by atoms with Gasteiger partial charge in [-0.3, -0.25) is 0 Å². The van der Waals surface area contributed by atoms with E-state index in [1.165, 1.54) is 22.1 Å². The molecule has 0 atom stereocenters. The number of benzene rings is 3. The molecule has 5 aromatic rings. The summed E-state index contributed by atoms with van der Waals surface area (Å²) in [5.41, 5.74) is 3.40. The monoisotopic (exact) mass is 404 g/mol. The Hall–Kier alpha value is -3.94. The molecule has 0 fully saturated rings. The highest BCUT2D eigenvalue weighted by atomic mass is 32.1. The largest absolute Gasteiger partial charge is 0.457 e. The minimum atomic E-state index is 0.487. The molecular formula is C26H16N2OS. The molecule has 142 valence electrons. The predicted molar refractivity (Wildman–Crippen MR) is 123 cm³/mol. The minimum absolute atomic E-state index is 0.487. The van der Waals surface area contributed by atoms with Crippen molar-refractivity contribution in [3.63, 3.8) is 0 Å². The maximum Gasteiger partial charge on any atom is 0.134 e. The van der Waals surface area contributed by atoms with Crippen LogP contribution >= 0.6 is 11.3 Å². The summed E-state index contributed by atoms with van der Waals surface area (Å²) in [6.07, 6.45) is 1.75. The second-order valence-electron chi connectivity index (χ2n) is 6.84. The van der Waals surface area contributed by atoms with Crippen LogP contribution in [0.4, 0.5) is 0 Å². The van der Waals surface area contributed by atoms with E-state index >= 15 is 0 Å². The van der Waals surface area contributed by atoms with Crippen LogP contribution in [0.25, 0.3) is 45.0 Å². The van der Waals surface area contributed by atoms with Crippen molar-refractivity contribution in [3.05, 3.63) is 101 Å². The summed E-state index contributed by atoms with van der Waals surface area (Å²) in [7, 11) is 0. The number of hydrogen-bond acceptors (Lipinski definition) is 4. The third-order valence-electron chi connectivity index (χ3n) is 4.87. The van der Waals surface area contributed by atoms with Gasteiger partial charge >= 0.3 is 0 Å². The molecule has 30 heavy (non-hydrogen) atoms. The van der Waals surface area contributed by atoms with Crippen LogP contribution in [0.2, 0.25) is 0 Å². The zero-order valence-corrected chi connectivity index (χ0v) is 16.8. The molecule has 2 heterocycles. The van der Waals surface area contributed by atoms with Crippen LogP contribution in [0.15, 0.2) is 94.7 Å². The van der Waals surface area contributed by atoms with Crippen LogP contribution in [0, 0.1) is 11.3 Å². The number of hydrogen-bond donors (Lipinski definition) is 0. The van der Waals surface area contributed by atoms with Crippen molar-refractivity contribution in [2.45, 2.75) is 0 Å². The van der Waals surface area contributed by atoms with Crippen molar-refractivity contribution >= 4 is 33.8 Å². The van der Waals surface area contributed by atoms with E-state index < -0.39 is 0 Å². The molecule has 5 rings (SSSR count). The maximum absolute atomic E-state index is 9.69. The quantitative estimate of drug-likeness (QED) is 0.296. The number of furan rings is 1. The van der Waals surface area contributed by atoms with Crippen LogP contribution in [0.3, 0.4) is 0 Å². The average molecular weight is 404 g/mol. The van der Waals surface area contributed by atoms with E-state index in [9.17, 15) is 5.26 Å². The molecule has 0 aliphatic heterocycles. The Bertz CT molecular complexity index is 1400. The van der Waals surface area contributed by atoms with Gasteiger partial charge in [-0.1, -0.05) is 66.7 Å². The van der Waals surface area contributed by atoms with E-state index in [-0.39, 0.29) is 0 Å². The first-order valence-corrected chi connectivity index (χ1v) is 10.4. The fourth-order valence-electron chi connectivity index (χ4n) is 3.35. The van der Waals surface area contributed by atoms with E-state index in [1.54, 1.807) is 6.08 Å². The second kappa shape index (κ2) is 7.82. The van der Waals surface area contributed by atoms with E-state index in [4.69, 9.17) is 9.40 Å². The van der Waals surface area contributed by atoms with Crippen LogP contribution < -0.4 is 0 Å². The highest BCUT2D eigenvalue weighted by Gasteiger charge is 2.11. The van der Waals surface area contributed by atoms with Gasteiger partial charge in [0.25, 0.3) is 0 Å². The highest BCUT2D eigenvalue weighted by molar-refractivity contribution is 7.11. The molecule has 0 aliphatic rings. The molecule has 3 nitrogen and oxygen atoms in total. The van der Waals surface area contributed by atoms with Gasteiger partial charge in [0.05, 0.1) is 11.3 Å². The Morgan fingerprint density at radius 3 is 2.50 bits per heavy atom. The highest BCUT2D eigenvalue weighted by Crippen LogP contribution is 2.30. The zero-order chi connectivity index (χ0) is 20.3. The smallest absolute Gasteiger partial charge is 0.134 e. The minimum Gasteiger partial charge on any atom is -0.457 e. The lowest BCUT2D eigenvalue weighted by molar-refractivity contribution is 0.572. The number of fused-ring (bicyclic) bond motifs is 1. The first kappa shape index (κ1) is 18.1. The van der Waals surface area contributed by atoms with Crippen molar-refractivity contribution in [3.8, 4) is 28.7 Å². The Morgan fingerprint density at radius 2 is 1.67 bits per heavy atom.